The van der Waals surface area contributed by atoms with Gasteiger partial charge in [-0.2, -0.15) is 0 Å². The topological polar surface area (TPSA) is 55.8 Å². The minimum atomic E-state index is -0.193. The largest absolute Gasteiger partial charge is 0.466 e. The molecule has 1 rings (SSSR count). The maximum atomic E-state index is 11.9. The van der Waals surface area contributed by atoms with E-state index in [2.05, 4.69) is 24.8 Å². The van der Waals surface area contributed by atoms with Crippen LogP contribution in [0.2, 0.25) is 0 Å². The van der Waals surface area contributed by atoms with E-state index in [-0.39, 0.29) is 11.9 Å². The monoisotopic (exact) mass is 363 g/mol. The Hall–Kier alpha value is -2.04. The van der Waals surface area contributed by atoms with Crippen LogP contribution in [0.5, 0.6) is 0 Å². The first-order valence-corrected chi connectivity index (χ1v) is 9.69. The molecule has 0 bridgehead atoms. The molecule has 0 aliphatic heterocycles. The third-order valence-corrected chi connectivity index (χ3v) is 4.06. The van der Waals surface area contributed by atoms with Gasteiger partial charge in [-0.05, 0) is 37.5 Å². The molecule has 0 atom stereocenters. The number of esters is 2. The lowest BCUT2D eigenvalue weighted by molar-refractivity contribution is -0.144. The van der Waals surface area contributed by atoms with Gasteiger partial charge in [0.15, 0.2) is 0 Å². The second kappa shape index (κ2) is 13.2. The van der Waals surface area contributed by atoms with E-state index in [1.54, 1.807) is 0 Å². The molecule has 5 nitrogen and oxygen atoms in total. The molecule has 0 radical (unpaired) electrons. The van der Waals surface area contributed by atoms with Crippen molar-refractivity contribution in [2.45, 2.75) is 59.3 Å². The number of anilines is 1. The summed E-state index contributed by atoms with van der Waals surface area (Å²) in [5, 5.41) is 0. The Balaban J connectivity index is 2.56. The molecule has 0 fully saturated rings. The summed E-state index contributed by atoms with van der Waals surface area (Å²) in [6.45, 7) is 8.15. The summed E-state index contributed by atoms with van der Waals surface area (Å²) in [7, 11) is 0. The van der Waals surface area contributed by atoms with Crippen molar-refractivity contribution in [3.8, 4) is 0 Å². The number of hydrogen-bond acceptors (Lipinski definition) is 5. The number of aryl methyl sites for hydroxylation is 1. The second-order valence-electron chi connectivity index (χ2n) is 6.47. The van der Waals surface area contributed by atoms with Crippen LogP contribution in [0.1, 0.15) is 57.9 Å². The van der Waals surface area contributed by atoms with Crippen LogP contribution in [-0.2, 0) is 19.1 Å². The first-order chi connectivity index (χ1) is 12.6. The Morgan fingerprint density at radius 2 is 1.46 bits per heavy atom. The second-order valence-corrected chi connectivity index (χ2v) is 6.47. The van der Waals surface area contributed by atoms with Crippen LogP contribution in [0, 0.1) is 6.92 Å². The molecule has 0 unspecified atom stereocenters. The molecular formula is C21H33NO4. The van der Waals surface area contributed by atoms with Gasteiger partial charge in [0.05, 0.1) is 26.1 Å². The number of benzene rings is 1. The van der Waals surface area contributed by atoms with Crippen molar-refractivity contribution in [2.75, 3.05) is 31.2 Å². The van der Waals surface area contributed by atoms with E-state index in [4.69, 9.17) is 9.47 Å². The van der Waals surface area contributed by atoms with E-state index in [1.807, 2.05) is 25.1 Å². The van der Waals surface area contributed by atoms with E-state index >= 15 is 0 Å². The first kappa shape index (κ1) is 22.0. The van der Waals surface area contributed by atoms with Gasteiger partial charge in [-0.1, -0.05) is 38.8 Å². The Bertz CT molecular complexity index is 519. The molecule has 0 saturated heterocycles. The van der Waals surface area contributed by atoms with Crippen molar-refractivity contribution in [1.82, 2.24) is 0 Å². The molecule has 0 aliphatic rings. The lowest BCUT2D eigenvalue weighted by atomic mass is 10.2. The van der Waals surface area contributed by atoms with Gasteiger partial charge in [-0.3, -0.25) is 9.59 Å². The molecule has 0 aliphatic carbocycles. The van der Waals surface area contributed by atoms with E-state index in [1.165, 1.54) is 0 Å². The Labute approximate surface area is 157 Å². The number of ether oxygens (including phenoxy) is 2. The van der Waals surface area contributed by atoms with Crippen molar-refractivity contribution >= 4 is 17.6 Å². The highest BCUT2D eigenvalue weighted by Gasteiger charge is 2.13. The van der Waals surface area contributed by atoms with Gasteiger partial charge in [-0.15, -0.1) is 0 Å². The lowest BCUT2D eigenvalue weighted by Crippen LogP contribution is -2.29. The average molecular weight is 363 g/mol. The maximum absolute atomic E-state index is 11.9. The normalized spacial score (nSPS) is 10.4. The third-order valence-electron chi connectivity index (χ3n) is 4.06. The maximum Gasteiger partial charge on any atom is 0.307 e. The molecule has 0 heterocycles. The van der Waals surface area contributed by atoms with Crippen molar-refractivity contribution in [1.29, 1.82) is 0 Å². The Morgan fingerprint density at radius 3 is 1.92 bits per heavy atom. The van der Waals surface area contributed by atoms with Crippen molar-refractivity contribution in [3.05, 3.63) is 29.8 Å². The van der Waals surface area contributed by atoms with Crippen molar-refractivity contribution < 1.29 is 19.1 Å². The highest BCUT2D eigenvalue weighted by Crippen LogP contribution is 2.17. The molecular weight excluding hydrogens is 330 g/mol. The smallest absolute Gasteiger partial charge is 0.307 e. The summed E-state index contributed by atoms with van der Waals surface area (Å²) in [6.07, 6.45) is 4.39. The fraction of sp³-hybridized carbons (Fsp3) is 0.619. The average Bonchev–Trinajstić information content (AvgIpc) is 2.62. The summed E-state index contributed by atoms with van der Waals surface area (Å²) >= 11 is 0. The Morgan fingerprint density at radius 1 is 0.923 bits per heavy atom. The zero-order chi connectivity index (χ0) is 19.2. The SMILES string of the molecule is CCCCOC(=O)CCN(CCC(=O)OCCCC)c1cccc(C)c1. The molecule has 5 heteroatoms. The highest BCUT2D eigenvalue weighted by atomic mass is 16.5. The molecule has 26 heavy (non-hydrogen) atoms. The highest BCUT2D eigenvalue weighted by molar-refractivity contribution is 5.71. The predicted molar refractivity (Wildman–Crippen MR) is 104 cm³/mol. The molecule has 0 amide bonds. The Kier molecular flexibility index (Phi) is 11.2. The molecule has 0 aromatic heterocycles. The van der Waals surface area contributed by atoms with Crippen LogP contribution in [0.4, 0.5) is 5.69 Å². The molecule has 0 saturated carbocycles. The minimum Gasteiger partial charge on any atom is -0.466 e. The fourth-order valence-corrected chi connectivity index (χ4v) is 2.45. The van der Waals surface area contributed by atoms with E-state index in [9.17, 15) is 9.59 Å². The van der Waals surface area contributed by atoms with Gasteiger partial charge in [0.2, 0.25) is 0 Å². The van der Waals surface area contributed by atoms with Crippen LogP contribution >= 0.6 is 0 Å². The van der Waals surface area contributed by atoms with Gasteiger partial charge >= 0.3 is 11.9 Å². The molecule has 0 spiro atoms. The van der Waals surface area contributed by atoms with Crippen LogP contribution in [-0.4, -0.2) is 38.2 Å². The first-order valence-electron chi connectivity index (χ1n) is 9.69. The van der Waals surface area contributed by atoms with Crippen molar-refractivity contribution in [3.63, 3.8) is 0 Å². The standard InChI is InChI=1S/C21H33NO4/c1-4-6-15-25-20(23)11-13-22(19-10-8-9-18(3)17-19)14-12-21(24)26-16-7-5-2/h8-10,17H,4-7,11-16H2,1-3H3. The summed E-state index contributed by atoms with van der Waals surface area (Å²) in [4.78, 5) is 25.8. The van der Waals surface area contributed by atoms with Gasteiger partial charge < -0.3 is 14.4 Å². The van der Waals surface area contributed by atoms with Crippen molar-refractivity contribution in [2.24, 2.45) is 0 Å². The predicted octanol–water partition coefficient (Wildman–Crippen LogP) is 4.27. The third kappa shape index (κ3) is 9.44. The minimum absolute atomic E-state index is 0.193. The summed E-state index contributed by atoms with van der Waals surface area (Å²) in [6, 6.07) is 8.07. The zero-order valence-electron chi connectivity index (χ0n) is 16.5. The zero-order valence-corrected chi connectivity index (χ0v) is 16.5. The van der Waals surface area contributed by atoms with E-state index in [0.717, 1.165) is 36.9 Å². The van der Waals surface area contributed by atoms with Gasteiger partial charge in [0.25, 0.3) is 0 Å². The van der Waals surface area contributed by atoms with Gasteiger partial charge in [-0.25, -0.2) is 0 Å². The van der Waals surface area contributed by atoms with Crippen LogP contribution in [0.15, 0.2) is 24.3 Å². The lowest BCUT2D eigenvalue weighted by Gasteiger charge is -2.24. The number of carbonyl (C=O) groups is 2. The van der Waals surface area contributed by atoms with Gasteiger partial charge in [0.1, 0.15) is 0 Å². The molecule has 1 aromatic carbocycles. The number of rotatable bonds is 13. The molecule has 146 valence electrons. The molecule has 0 N–H and O–H groups in total. The summed E-state index contributed by atoms with van der Waals surface area (Å²) in [5.41, 5.74) is 2.15. The number of unbranched alkanes of at least 4 members (excludes halogenated alkanes) is 2. The molecule has 1 aromatic rings. The van der Waals surface area contributed by atoms with E-state index < -0.39 is 0 Å². The van der Waals surface area contributed by atoms with Gasteiger partial charge in [0, 0.05) is 18.8 Å². The number of carbonyl (C=O) groups excluding carboxylic acids is 2. The number of nitrogens with zero attached hydrogens (tertiary/aromatic N) is 1. The van der Waals surface area contributed by atoms with Crippen LogP contribution in [0.25, 0.3) is 0 Å². The quantitative estimate of drug-likeness (QED) is 0.387. The van der Waals surface area contributed by atoms with Crippen LogP contribution in [0.3, 0.4) is 0 Å². The van der Waals surface area contributed by atoms with Crippen LogP contribution < -0.4 is 4.90 Å². The fourth-order valence-electron chi connectivity index (χ4n) is 2.45. The summed E-state index contributed by atoms with van der Waals surface area (Å²) < 4.78 is 10.5. The summed E-state index contributed by atoms with van der Waals surface area (Å²) in [5.74, 6) is -0.386. The van der Waals surface area contributed by atoms with E-state index in [0.29, 0.717) is 39.1 Å². The number of hydrogen-bond donors (Lipinski definition) is 0.